The molecule has 6 nitrogen and oxygen atoms in total. The van der Waals surface area contributed by atoms with E-state index in [1.54, 1.807) is 0 Å². The highest BCUT2D eigenvalue weighted by Crippen LogP contribution is 2.25. The number of benzene rings is 2. The number of amides is 1. The van der Waals surface area contributed by atoms with Gasteiger partial charge in [0.2, 0.25) is 5.91 Å². The summed E-state index contributed by atoms with van der Waals surface area (Å²) in [4.78, 5) is 12.8. The zero-order valence-electron chi connectivity index (χ0n) is 20.6. The van der Waals surface area contributed by atoms with E-state index in [2.05, 4.69) is 22.8 Å². The monoisotopic (exact) mass is 484 g/mol. The second-order valence-corrected chi connectivity index (χ2v) is 9.90. The van der Waals surface area contributed by atoms with Crippen molar-refractivity contribution < 1.29 is 19.0 Å². The van der Waals surface area contributed by atoms with Gasteiger partial charge in [-0.25, -0.2) is 0 Å². The molecule has 2 aromatic carbocycles. The van der Waals surface area contributed by atoms with Crippen LogP contribution in [0.1, 0.15) is 50.7 Å². The quantitative estimate of drug-likeness (QED) is 0.340. The molecule has 0 bridgehead atoms. The molecular weight excluding hydrogens is 448 g/mol. The van der Waals surface area contributed by atoms with Gasteiger partial charge in [0.1, 0.15) is 18.1 Å². The predicted molar refractivity (Wildman–Crippen MR) is 140 cm³/mol. The summed E-state index contributed by atoms with van der Waals surface area (Å²) in [6.45, 7) is 9.82. The number of thiocarbonyl (C=S) groups is 1. The maximum absolute atomic E-state index is 12.8. The van der Waals surface area contributed by atoms with Crippen LogP contribution in [0, 0.1) is 19.3 Å². The molecule has 0 saturated carbocycles. The molecule has 1 aliphatic rings. The van der Waals surface area contributed by atoms with Crippen LogP contribution >= 0.6 is 12.2 Å². The van der Waals surface area contributed by atoms with Crippen LogP contribution in [0.2, 0.25) is 0 Å². The number of rotatable bonds is 10. The fourth-order valence-corrected chi connectivity index (χ4v) is 3.95. The summed E-state index contributed by atoms with van der Waals surface area (Å²) in [6, 6.07) is 13.7. The molecule has 0 aliphatic carbocycles. The minimum Gasteiger partial charge on any atom is -0.493 e. The first-order chi connectivity index (χ1) is 16.2. The minimum absolute atomic E-state index is 0.123. The molecule has 0 radical (unpaired) electrons. The average molecular weight is 485 g/mol. The fraction of sp³-hybridized carbons (Fsp3) is 0.481. The third kappa shape index (κ3) is 7.99. The lowest BCUT2D eigenvalue weighted by molar-refractivity contribution is -0.128. The first-order valence-corrected chi connectivity index (χ1v) is 12.3. The van der Waals surface area contributed by atoms with Gasteiger partial charge < -0.3 is 24.8 Å². The van der Waals surface area contributed by atoms with E-state index in [0.717, 1.165) is 48.6 Å². The molecule has 1 amide bonds. The lowest BCUT2D eigenvalue weighted by atomic mass is 9.87. The van der Waals surface area contributed by atoms with Crippen molar-refractivity contribution in [3.8, 4) is 11.5 Å². The van der Waals surface area contributed by atoms with Crippen molar-refractivity contribution in [2.45, 2.75) is 59.5 Å². The molecule has 3 rings (SSSR count). The molecule has 1 saturated heterocycles. The Kier molecular flexibility index (Phi) is 9.30. The van der Waals surface area contributed by atoms with E-state index in [1.165, 1.54) is 5.56 Å². The van der Waals surface area contributed by atoms with E-state index in [-0.39, 0.29) is 17.1 Å². The van der Waals surface area contributed by atoms with E-state index in [4.69, 9.17) is 26.4 Å². The van der Waals surface area contributed by atoms with Crippen LogP contribution in [0.25, 0.3) is 0 Å². The van der Waals surface area contributed by atoms with Crippen molar-refractivity contribution in [1.29, 1.82) is 0 Å². The van der Waals surface area contributed by atoms with Crippen molar-refractivity contribution in [2.75, 3.05) is 25.1 Å². The van der Waals surface area contributed by atoms with Crippen molar-refractivity contribution in [3.63, 3.8) is 0 Å². The number of ether oxygens (including phenoxy) is 3. The molecule has 1 unspecified atom stereocenters. The van der Waals surface area contributed by atoms with Crippen LogP contribution in [-0.4, -0.2) is 36.9 Å². The van der Waals surface area contributed by atoms with Gasteiger partial charge in [-0.05, 0) is 81.1 Å². The van der Waals surface area contributed by atoms with E-state index in [0.29, 0.717) is 19.6 Å². The van der Waals surface area contributed by atoms with Gasteiger partial charge in [-0.1, -0.05) is 32.0 Å². The van der Waals surface area contributed by atoms with Gasteiger partial charge in [-0.3, -0.25) is 4.79 Å². The van der Waals surface area contributed by atoms with Crippen LogP contribution in [0.3, 0.4) is 0 Å². The van der Waals surface area contributed by atoms with Crippen LogP contribution in [-0.2, 0) is 9.53 Å². The second kappa shape index (κ2) is 12.2. The van der Waals surface area contributed by atoms with Gasteiger partial charge in [-0.2, -0.15) is 0 Å². The second-order valence-electron chi connectivity index (χ2n) is 9.49. The Morgan fingerprint density at radius 3 is 2.76 bits per heavy atom. The number of carbonyl (C=O) groups is 1. The standard InChI is InChI=1S/C27H36N2O4S/c1-19-11-12-20(2)24(16-19)32-15-7-13-27(3,4)25(30)29-26(34)28-21-8-5-9-22(17-21)33-18-23-10-6-14-31-23/h5,8-9,11-12,16-17,23H,6-7,10,13-15,18H2,1-4H3,(H2,28,29,30,34). The van der Waals surface area contributed by atoms with E-state index in [9.17, 15) is 4.79 Å². The average Bonchev–Trinajstić information content (AvgIpc) is 3.31. The Bertz CT molecular complexity index is 986. The summed E-state index contributed by atoms with van der Waals surface area (Å²) < 4.78 is 17.4. The zero-order valence-corrected chi connectivity index (χ0v) is 21.4. The highest BCUT2D eigenvalue weighted by molar-refractivity contribution is 7.80. The molecule has 0 aromatic heterocycles. The predicted octanol–water partition coefficient (Wildman–Crippen LogP) is 5.56. The van der Waals surface area contributed by atoms with Crippen LogP contribution < -0.4 is 20.1 Å². The summed E-state index contributed by atoms with van der Waals surface area (Å²) in [5.41, 5.74) is 2.46. The van der Waals surface area contributed by atoms with E-state index >= 15 is 0 Å². The van der Waals surface area contributed by atoms with Gasteiger partial charge in [0.15, 0.2) is 5.11 Å². The fourth-order valence-electron chi connectivity index (χ4n) is 3.74. The minimum atomic E-state index is -0.580. The molecule has 1 aliphatic heterocycles. The number of hydrogen-bond acceptors (Lipinski definition) is 5. The number of anilines is 1. The lowest BCUT2D eigenvalue weighted by Crippen LogP contribution is -2.42. The van der Waals surface area contributed by atoms with E-state index < -0.39 is 5.41 Å². The van der Waals surface area contributed by atoms with Gasteiger partial charge in [0, 0.05) is 23.8 Å². The zero-order chi connectivity index (χ0) is 24.6. The highest BCUT2D eigenvalue weighted by atomic mass is 32.1. The summed E-state index contributed by atoms with van der Waals surface area (Å²) in [5, 5.41) is 6.16. The Balaban J connectivity index is 1.42. The summed E-state index contributed by atoms with van der Waals surface area (Å²) in [7, 11) is 0. The van der Waals surface area contributed by atoms with Gasteiger partial charge in [0.25, 0.3) is 0 Å². The highest BCUT2D eigenvalue weighted by Gasteiger charge is 2.28. The maximum atomic E-state index is 12.8. The number of hydrogen-bond donors (Lipinski definition) is 2. The maximum Gasteiger partial charge on any atom is 0.231 e. The number of aryl methyl sites for hydroxylation is 2. The number of nitrogens with one attached hydrogen (secondary N) is 2. The van der Waals surface area contributed by atoms with Gasteiger partial charge in [-0.15, -0.1) is 0 Å². The molecule has 1 heterocycles. The smallest absolute Gasteiger partial charge is 0.231 e. The number of carbonyl (C=O) groups excluding carboxylic acids is 1. The third-order valence-corrected chi connectivity index (χ3v) is 6.14. The Hall–Kier alpha value is -2.64. The van der Waals surface area contributed by atoms with Crippen molar-refractivity contribution in [2.24, 2.45) is 5.41 Å². The van der Waals surface area contributed by atoms with Crippen LogP contribution in [0.4, 0.5) is 5.69 Å². The molecule has 0 spiro atoms. The topological polar surface area (TPSA) is 68.8 Å². The summed E-state index contributed by atoms with van der Waals surface area (Å²) in [6.07, 6.45) is 3.71. The third-order valence-electron chi connectivity index (χ3n) is 5.94. The first-order valence-electron chi connectivity index (χ1n) is 11.9. The van der Waals surface area contributed by atoms with Crippen LogP contribution in [0.15, 0.2) is 42.5 Å². The van der Waals surface area contributed by atoms with Crippen molar-refractivity contribution in [3.05, 3.63) is 53.6 Å². The van der Waals surface area contributed by atoms with Crippen molar-refractivity contribution in [1.82, 2.24) is 5.32 Å². The van der Waals surface area contributed by atoms with Gasteiger partial charge in [0.05, 0.1) is 12.7 Å². The molecule has 2 aromatic rings. The molecule has 34 heavy (non-hydrogen) atoms. The van der Waals surface area contributed by atoms with Crippen molar-refractivity contribution >= 4 is 28.9 Å². The van der Waals surface area contributed by atoms with Gasteiger partial charge >= 0.3 is 0 Å². The Labute approximate surface area is 208 Å². The Morgan fingerprint density at radius 2 is 2.00 bits per heavy atom. The first kappa shape index (κ1) is 26.0. The Morgan fingerprint density at radius 1 is 1.18 bits per heavy atom. The SMILES string of the molecule is Cc1ccc(C)c(OCCCC(C)(C)C(=O)NC(=S)Nc2cccc(OCC3CCCO3)c2)c1. The normalized spacial score (nSPS) is 15.6. The largest absolute Gasteiger partial charge is 0.493 e. The molecule has 7 heteroatoms. The molecule has 2 N–H and O–H groups in total. The van der Waals surface area contributed by atoms with E-state index in [1.807, 2.05) is 58.0 Å². The molecule has 1 fully saturated rings. The summed E-state index contributed by atoms with van der Waals surface area (Å²) >= 11 is 5.37. The summed E-state index contributed by atoms with van der Waals surface area (Å²) in [5.74, 6) is 1.51. The van der Waals surface area contributed by atoms with Crippen LogP contribution in [0.5, 0.6) is 11.5 Å². The molecule has 1 atom stereocenters. The lowest BCUT2D eigenvalue weighted by Gasteiger charge is -2.24. The molecule has 184 valence electrons. The molecular formula is C27H36N2O4S.